The van der Waals surface area contributed by atoms with Crippen molar-refractivity contribution in [3.05, 3.63) is 84.7 Å². The molecule has 0 aliphatic carbocycles. The molecule has 0 radical (unpaired) electrons. The van der Waals surface area contributed by atoms with Crippen LogP contribution < -0.4 is 9.80 Å². The molecule has 2 heterocycles. The summed E-state index contributed by atoms with van der Waals surface area (Å²) in [6, 6.07) is 22.6. The lowest BCUT2D eigenvalue weighted by Gasteiger charge is -2.24. The third kappa shape index (κ3) is 5.14. The predicted molar refractivity (Wildman–Crippen MR) is 142 cm³/mol. The van der Waals surface area contributed by atoms with Gasteiger partial charge in [-0.1, -0.05) is 38.1 Å². The molecule has 0 atom stereocenters. The number of amides is 1. The van der Waals surface area contributed by atoms with E-state index in [4.69, 9.17) is 0 Å². The fourth-order valence-corrected chi connectivity index (χ4v) is 4.49. The SMILES string of the molecule is CCCN(C(=O)CCc1cn(CCC)c2ccccc12)c1ccc(N(C)c2ccccn2)cc1. The topological polar surface area (TPSA) is 41.4 Å². The lowest BCUT2D eigenvalue weighted by Crippen LogP contribution is -2.31. The van der Waals surface area contributed by atoms with Gasteiger partial charge in [0, 0.05) is 61.2 Å². The Morgan fingerprint density at radius 3 is 2.35 bits per heavy atom. The summed E-state index contributed by atoms with van der Waals surface area (Å²) in [4.78, 5) is 21.7. The van der Waals surface area contributed by atoms with Crippen molar-refractivity contribution in [1.29, 1.82) is 0 Å². The first-order chi connectivity index (χ1) is 16.6. The van der Waals surface area contributed by atoms with Crippen LogP contribution in [0.5, 0.6) is 0 Å². The van der Waals surface area contributed by atoms with E-state index in [9.17, 15) is 4.79 Å². The predicted octanol–water partition coefficient (Wildman–Crippen LogP) is 6.59. The van der Waals surface area contributed by atoms with E-state index in [1.54, 1.807) is 6.20 Å². The maximum absolute atomic E-state index is 13.3. The Labute approximate surface area is 202 Å². The average Bonchev–Trinajstić information content (AvgIpc) is 3.24. The van der Waals surface area contributed by atoms with Gasteiger partial charge < -0.3 is 14.4 Å². The molecule has 34 heavy (non-hydrogen) atoms. The van der Waals surface area contributed by atoms with Crippen molar-refractivity contribution in [2.45, 2.75) is 46.1 Å². The number of hydrogen-bond acceptors (Lipinski definition) is 3. The van der Waals surface area contributed by atoms with E-state index in [2.05, 4.69) is 66.0 Å². The molecule has 1 amide bonds. The smallest absolute Gasteiger partial charge is 0.227 e. The van der Waals surface area contributed by atoms with Crippen LogP contribution in [-0.2, 0) is 17.8 Å². The summed E-state index contributed by atoms with van der Waals surface area (Å²) >= 11 is 0. The van der Waals surface area contributed by atoms with Crippen LogP contribution in [0.15, 0.2) is 79.1 Å². The Bertz CT molecular complexity index is 1210. The largest absolute Gasteiger partial charge is 0.347 e. The molecule has 0 unspecified atom stereocenters. The second-order valence-corrected chi connectivity index (χ2v) is 8.67. The summed E-state index contributed by atoms with van der Waals surface area (Å²) in [5.74, 6) is 1.05. The highest BCUT2D eigenvalue weighted by molar-refractivity contribution is 5.94. The van der Waals surface area contributed by atoms with Crippen molar-refractivity contribution in [2.75, 3.05) is 23.4 Å². The number of rotatable bonds is 10. The van der Waals surface area contributed by atoms with Gasteiger partial charge in [-0.15, -0.1) is 0 Å². The Morgan fingerprint density at radius 1 is 0.912 bits per heavy atom. The van der Waals surface area contributed by atoms with Crippen LogP contribution in [0.3, 0.4) is 0 Å². The molecular weight excluding hydrogens is 420 g/mol. The maximum Gasteiger partial charge on any atom is 0.227 e. The molecule has 0 aliphatic rings. The van der Waals surface area contributed by atoms with Gasteiger partial charge in [0.2, 0.25) is 5.91 Å². The molecule has 4 aromatic rings. The summed E-state index contributed by atoms with van der Waals surface area (Å²) < 4.78 is 2.32. The number of fused-ring (bicyclic) bond motifs is 1. The number of pyridine rings is 1. The highest BCUT2D eigenvalue weighted by Gasteiger charge is 2.17. The maximum atomic E-state index is 13.3. The standard InChI is InChI=1S/C29H34N4O/c1-4-20-32-22-23(26-10-6-7-11-27(26)32)13-18-29(34)33(21-5-2)25-16-14-24(15-17-25)31(3)28-12-8-9-19-30-28/h6-12,14-17,19,22H,4-5,13,18,20-21H2,1-3H3. The lowest BCUT2D eigenvalue weighted by atomic mass is 10.1. The van der Waals surface area contributed by atoms with Gasteiger partial charge in [0.25, 0.3) is 0 Å². The minimum Gasteiger partial charge on any atom is -0.347 e. The Hall–Kier alpha value is -3.60. The summed E-state index contributed by atoms with van der Waals surface area (Å²) in [6.07, 6.45) is 7.27. The number of aryl methyl sites for hydroxylation is 2. The minimum atomic E-state index is 0.167. The van der Waals surface area contributed by atoms with Gasteiger partial charge in [0.05, 0.1) is 0 Å². The Balaban J connectivity index is 1.48. The molecule has 176 valence electrons. The second kappa shape index (κ2) is 11.0. The van der Waals surface area contributed by atoms with Crippen LogP contribution >= 0.6 is 0 Å². The van der Waals surface area contributed by atoms with E-state index in [-0.39, 0.29) is 5.91 Å². The van der Waals surface area contributed by atoms with Crippen molar-refractivity contribution < 1.29 is 4.79 Å². The monoisotopic (exact) mass is 454 g/mol. The second-order valence-electron chi connectivity index (χ2n) is 8.67. The first-order valence-electron chi connectivity index (χ1n) is 12.2. The van der Waals surface area contributed by atoms with Crippen molar-refractivity contribution in [3.63, 3.8) is 0 Å². The molecule has 2 aromatic carbocycles. The third-order valence-electron chi connectivity index (χ3n) is 6.23. The summed E-state index contributed by atoms with van der Waals surface area (Å²) in [5, 5.41) is 1.26. The van der Waals surface area contributed by atoms with Gasteiger partial charge in [-0.2, -0.15) is 0 Å². The molecule has 0 spiro atoms. The number of carbonyl (C=O) groups is 1. The number of carbonyl (C=O) groups excluding carboxylic acids is 1. The van der Waals surface area contributed by atoms with E-state index in [0.29, 0.717) is 13.0 Å². The first kappa shape index (κ1) is 23.6. The number of aromatic nitrogens is 2. The highest BCUT2D eigenvalue weighted by Crippen LogP contribution is 2.27. The average molecular weight is 455 g/mol. The number of hydrogen-bond donors (Lipinski definition) is 0. The molecule has 5 heteroatoms. The molecule has 0 saturated carbocycles. The van der Waals surface area contributed by atoms with E-state index in [1.807, 2.05) is 47.2 Å². The molecule has 0 saturated heterocycles. The third-order valence-corrected chi connectivity index (χ3v) is 6.23. The zero-order valence-electron chi connectivity index (χ0n) is 20.4. The van der Waals surface area contributed by atoms with Crippen molar-refractivity contribution in [3.8, 4) is 0 Å². The normalized spacial score (nSPS) is 11.0. The van der Waals surface area contributed by atoms with E-state index in [1.165, 1.54) is 16.5 Å². The first-order valence-corrected chi connectivity index (χ1v) is 12.2. The molecule has 5 nitrogen and oxygen atoms in total. The van der Waals surface area contributed by atoms with Crippen molar-refractivity contribution >= 4 is 34.0 Å². The quantitative estimate of drug-likeness (QED) is 0.271. The van der Waals surface area contributed by atoms with Crippen LogP contribution in [0.1, 0.15) is 38.7 Å². The summed E-state index contributed by atoms with van der Waals surface area (Å²) in [6.45, 7) is 6.02. The van der Waals surface area contributed by atoms with Gasteiger partial charge in [-0.25, -0.2) is 4.98 Å². The summed E-state index contributed by atoms with van der Waals surface area (Å²) in [5.41, 5.74) is 4.49. The number of para-hydroxylation sites is 1. The van der Waals surface area contributed by atoms with Gasteiger partial charge in [0.15, 0.2) is 0 Å². The highest BCUT2D eigenvalue weighted by atomic mass is 16.2. The van der Waals surface area contributed by atoms with Crippen molar-refractivity contribution in [1.82, 2.24) is 9.55 Å². The zero-order chi connectivity index (χ0) is 23.9. The van der Waals surface area contributed by atoms with Gasteiger partial charge in [-0.3, -0.25) is 4.79 Å². The molecule has 0 fully saturated rings. The van der Waals surface area contributed by atoms with Gasteiger partial charge >= 0.3 is 0 Å². The molecule has 0 N–H and O–H groups in total. The molecule has 0 aliphatic heterocycles. The number of anilines is 3. The molecule has 2 aromatic heterocycles. The minimum absolute atomic E-state index is 0.167. The van der Waals surface area contributed by atoms with Crippen LogP contribution in [0.4, 0.5) is 17.2 Å². The van der Waals surface area contributed by atoms with Crippen LogP contribution in [0, 0.1) is 0 Å². The van der Waals surface area contributed by atoms with Crippen molar-refractivity contribution in [2.24, 2.45) is 0 Å². The van der Waals surface area contributed by atoms with Gasteiger partial charge in [-0.05, 0) is 67.3 Å². The van der Waals surface area contributed by atoms with E-state index >= 15 is 0 Å². The van der Waals surface area contributed by atoms with Crippen LogP contribution in [-0.4, -0.2) is 29.1 Å². The van der Waals surface area contributed by atoms with Crippen LogP contribution in [0.25, 0.3) is 10.9 Å². The molecule has 4 rings (SSSR count). The Morgan fingerprint density at radius 2 is 1.65 bits per heavy atom. The van der Waals surface area contributed by atoms with Crippen LogP contribution in [0.2, 0.25) is 0 Å². The fraction of sp³-hybridized carbons (Fsp3) is 0.310. The molecule has 0 bridgehead atoms. The number of benzene rings is 2. The van der Waals surface area contributed by atoms with E-state index in [0.717, 1.165) is 43.0 Å². The Kier molecular flexibility index (Phi) is 7.63. The fourth-order valence-electron chi connectivity index (χ4n) is 4.49. The van der Waals surface area contributed by atoms with Gasteiger partial charge in [0.1, 0.15) is 5.82 Å². The zero-order valence-corrected chi connectivity index (χ0v) is 20.4. The van der Waals surface area contributed by atoms with E-state index < -0.39 is 0 Å². The lowest BCUT2D eigenvalue weighted by molar-refractivity contribution is -0.118. The molecular formula is C29H34N4O. The summed E-state index contributed by atoms with van der Waals surface area (Å²) in [7, 11) is 2.00. The number of nitrogens with zero attached hydrogens (tertiary/aromatic N) is 4.